The van der Waals surface area contributed by atoms with Gasteiger partial charge in [0, 0.05) is 18.6 Å². The van der Waals surface area contributed by atoms with Gasteiger partial charge >= 0.3 is 0 Å². The van der Waals surface area contributed by atoms with E-state index in [4.69, 9.17) is 0 Å². The minimum atomic E-state index is 0.997. The topological polar surface area (TPSA) is 17.8 Å². The first-order valence-corrected chi connectivity index (χ1v) is 4.59. The van der Waals surface area contributed by atoms with E-state index in [0.29, 0.717) is 0 Å². The summed E-state index contributed by atoms with van der Waals surface area (Å²) in [5, 5.41) is 0. The van der Waals surface area contributed by atoms with Gasteiger partial charge in [0.25, 0.3) is 0 Å². The summed E-state index contributed by atoms with van der Waals surface area (Å²) in [6.07, 6.45) is 7.81. The fraction of sp³-hybridized carbons (Fsp3) is 0.0833. The first-order valence-electron chi connectivity index (χ1n) is 4.59. The highest BCUT2D eigenvalue weighted by Gasteiger charge is 1.90. The van der Waals surface area contributed by atoms with Crippen molar-refractivity contribution in [3.8, 4) is 0 Å². The molecule has 0 atom stereocenters. The Morgan fingerprint density at radius 1 is 1.21 bits per heavy atom. The molecule has 1 aromatic carbocycles. The van der Waals surface area contributed by atoms with Crippen LogP contribution in [-0.4, -0.2) is 9.55 Å². The van der Waals surface area contributed by atoms with E-state index >= 15 is 0 Å². The molecular weight excluding hydrogens is 172 g/mol. The molecule has 0 aliphatic rings. The molecular formula is C12H12N2. The fourth-order valence-corrected chi connectivity index (χ4v) is 1.28. The summed E-state index contributed by atoms with van der Waals surface area (Å²) in [7, 11) is 0. The van der Waals surface area contributed by atoms with Crippen molar-refractivity contribution < 1.29 is 0 Å². The van der Waals surface area contributed by atoms with Crippen molar-refractivity contribution in [2.45, 2.75) is 6.92 Å². The number of aryl methyl sites for hydroxylation is 1. The van der Waals surface area contributed by atoms with Crippen LogP contribution >= 0.6 is 0 Å². The molecule has 0 aliphatic heterocycles. The van der Waals surface area contributed by atoms with Crippen LogP contribution < -0.4 is 0 Å². The number of rotatable bonds is 2. The molecule has 0 saturated carbocycles. The quantitative estimate of drug-likeness (QED) is 0.701. The Morgan fingerprint density at radius 2 is 2.00 bits per heavy atom. The van der Waals surface area contributed by atoms with Crippen LogP contribution in [0, 0.1) is 6.92 Å². The van der Waals surface area contributed by atoms with Crippen molar-refractivity contribution in [2.24, 2.45) is 0 Å². The van der Waals surface area contributed by atoms with E-state index < -0.39 is 0 Å². The molecule has 0 bridgehead atoms. The third kappa shape index (κ3) is 1.91. The molecule has 0 aliphatic carbocycles. The summed E-state index contributed by atoms with van der Waals surface area (Å²) in [5.41, 5.74) is 1.20. The SMILES string of the molecule is Cc1nccn1/C=C\c1ccccc1. The summed E-state index contributed by atoms with van der Waals surface area (Å²) in [4.78, 5) is 4.14. The zero-order chi connectivity index (χ0) is 9.80. The number of aromatic nitrogens is 2. The molecule has 0 N–H and O–H groups in total. The van der Waals surface area contributed by atoms with Crippen LogP contribution in [0.25, 0.3) is 12.3 Å². The Hall–Kier alpha value is -1.83. The molecule has 1 aromatic heterocycles. The Morgan fingerprint density at radius 3 is 2.64 bits per heavy atom. The van der Waals surface area contributed by atoms with Crippen molar-refractivity contribution >= 4 is 12.3 Å². The van der Waals surface area contributed by atoms with Gasteiger partial charge in [-0.05, 0) is 18.6 Å². The Labute approximate surface area is 83.5 Å². The van der Waals surface area contributed by atoms with Gasteiger partial charge in [-0.3, -0.25) is 0 Å². The maximum absolute atomic E-state index is 4.14. The Bertz CT molecular complexity index is 427. The zero-order valence-corrected chi connectivity index (χ0v) is 8.09. The molecule has 2 rings (SSSR count). The van der Waals surface area contributed by atoms with E-state index in [9.17, 15) is 0 Å². The maximum Gasteiger partial charge on any atom is 0.109 e. The van der Waals surface area contributed by atoms with Crippen molar-refractivity contribution in [3.63, 3.8) is 0 Å². The lowest BCUT2D eigenvalue weighted by molar-refractivity contribution is 1.03. The normalized spacial score (nSPS) is 10.9. The molecule has 0 radical (unpaired) electrons. The van der Waals surface area contributed by atoms with Gasteiger partial charge in [-0.2, -0.15) is 0 Å². The summed E-state index contributed by atoms with van der Waals surface area (Å²) < 4.78 is 1.99. The molecule has 2 aromatic rings. The molecule has 0 spiro atoms. The lowest BCUT2D eigenvalue weighted by Crippen LogP contribution is -1.86. The molecule has 0 amide bonds. The van der Waals surface area contributed by atoms with Crippen LogP contribution in [0.2, 0.25) is 0 Å². The van der Waals surface area contributed by atoms with Crippen molar-refractivity contribution in [1.29, 1.82) is 0 Å². The van der Waals surface area contributed by atoms with Crippen LogP contribution in [0.15, 0.2) is 42.7 Å². The maximum atomic E-state index is 4.14. The van der Waals surface area contributed by atoms with Gasteiger partial charge in [0.1, 0.15) is 5.82 Å². The van der Waals surface area contributed by atoms with Gasteiger partial charge in [-0.15, -0.1) is 0 Å². The average Bonchev–Trinajstić information content (AvgIpc) is 2.63. The lowest BCUT2D eigenvalue weighted by atomic mass is 10.2. The van der Waals surface area contributed by atoms with Gasteiger partial charge in [0.2, 0.25) is 0 Å². The molecule has 0 unspecified atom stereocenters. The molecule has 14 heavy (non-hydrogen) atoms. The van der Waals surface area contributed by atoms with Crippen LogP contribution in [0.4, 0.5) is 0 Å². The molecule has 1 heterocycles. The van der Waals surface area contributed by atoms with E-state index in [0.717, 1.165) is 5.82 Å². The second-order valence-electron chi connectivity index (χ2n) is 3.11. The molecule has 2 nitrogen and oxygen atoms in total. The highest BCUT2D eigenvalue weighted by atomic mass is 15.0. The Balaban J connectivity index is 2.20. The first kappa shape index (κ1) is 8.75. The number of benzene rings is 1. The van der Waals surface area contributed by atoms with Gasteiger partial charge in [0.05, 0.1) is 0 Å². The Kier molecular flexibility index (Phi) is 2.45. The predicted octanol–water partition coefficient (Wildman–Crippen LogP) is 2.82. The van der Waals surface area contributed by atoms with E-state index in [1.807, 2.05) is 42.1 Å². The second kappa shape index (κ2) is 3.92. The highest BCUT2D eigenvalue weighted by Crippen LogP contribution is 2.03. The van der Waals surface area contributed by atoms with Crippen molar-refractivity contribution in [3.05, 3.63) is 54.1 Å². The standard InChI is InChI=1S/C12H12N2/c1-11-13-8-10-14(11)9-7-12-5-3-2-4-6-12/h2-10H,1H3/b9-7-. The van der Waals surface area contributed by atoms with Crippen molar-refractivity contribution in [1.82, 2.24) is 9.55 Å². The number of imidazole rings is 1. The highest BCUT2D eigenvalue weighted by molar-refractivity contribution is 5.60. The monoisotopic (exact) mass is 184 g/mol. The molecule has 0 saturated heterocycles. The minimum absolute atomic E-state index is 0.997. The van der Waals surface area contributed by atoms with Gasteiger partial charge in [0.15, 0.2) is 0 Å². The molecule has 70 valence electrons. The van der Waals surface area contributed by atoms with Crippen molar-refractivity contribution in [2.75, 3.05) is 0 Å². The summed E-state index contributed by atoms with van der Waals surface area (Å²) in [6, 6.07) is 10.2. The second-order valence-corrected chi connectivity index (χ2v) is 3.11. The van der Waals surface area contributed by atoms with Crippen LogP contribution in [0.3, 0.4) is 0 Å². The third-order valence-electron chi connectivity index (χ3n) is 2.09. The van der Waals surface area contributed by atoms with Crippen LogP contribution in [0.1, 0.15) is 11.4 Å². The van der Waals surface area contributed by atoms with Crippen LogP contribution in [0.5, 0.6) is 0 Å². The zero-order valence-electron chi connectivity index (χ0n) is 8.09. The minimum Gasteiger partial charge on any atom is -0.311 e. The third-order valence-corrected chi connectivity index (χ3v) is 2.09. The molecule has 2 heteroatoms. The number of hydrogen-bond acceptors (Lipinski definition) is 1. The van der Waals surface area contributed by atoms with Gasteiger partial charge < -0.3 is 4.57 Å². The number of nitrogens with zero attached hydrogens (tertiary/aromatic N) is 2. The smallest absolute Gasteiger partial charge is 0.109 e. The largest absolute Gasteiger partial charge is 0.311 e. The van der Waals surface area contributed by atoms with E-state index in [1.54, 1.807) is 6.20 Å². The lowest BCUT2D eigenvalue weighted by Gasteiger charge is -1.95. The van der Waals surface area contributed by atoms with Gasteiger partial charge in [-0.25, -0.2) is 4.98 Å². The van der Waals surface area contributed by atoms with E-state index in [-0.39, 0.29) is 0 Å². The van der Waals surface area contributed by atoms with Gasteiger partial charge in [-0.1, -0.05) is 30.3 Å². The fourth-order valence-electron chi connectivity index (χ4n) is 1.28. The predicted molar refractivity (Wildman–Crippen MR) is 58.6 cm³/mol. The van der Waals surface area contributed by atoms with E-state index in [2.05, 4.69) is 23.2 Å². The first-order chi connectivity index (χ1) is 6.86. The average molecular weight is 184 g/mol. The molecule has 0 fully saturated rings. The number of hydrogen-bond donors (Lipinski definition) is 0. The summed E-state index contributed by atoms with van der Waals surface area (Å²) in [6.45, 7) is 1.98. The summed E-state index contributed by atoms with van der Waals surface area (Å²) >= 11 is 0. The summed E-state index contributed by atoms with van der Waals surface area (Å²) in [5.74, 6) is 0.997. The van der Waals surface area contributed by atoms with E-state index in [1.165, 1.54) is 5.56 Å². The van der Waals surface area contributed by atoms with Crippen LogP contribution in [-0.2, 0) is 0 Å².